The maximum atomic E-state index is 12.4. The topological polar surface area (TPSA) is 64.2 Å². The van der Waals surface area contributed by atoms with Gasteiger partial charge in [0, 0.05) is 20.1 Å². The van der Waals surface area contributed by atoms with Gasteiger partial charge >= 0.3 is 0 Å². The number of hydrogen-bond donors (Lipinski definition) is 1. The van der Waals surface area contributed by atoms with Gasteiger partial charge in [0.15, 0.2) is 0 Å². The summed E-state index contributed by atoms with van der Waals surface area (Å²) in [5.74, 6) is -0.0144. The number of nitrogens with two attached hydrogens (primary N) is 1. The smallest absolute Gasteiger partial charge is 0.274 e. The van der Waals surface area contributed by atoms with Crippen molar-refractivity contribution in [2.45, 2.75) is 44.6 Å². The number of aromatic nitrogens is 2. The number of nitrogen functional groups attached to an aromatic ring is 1. The van der Waals surface area contributed by atoms with E-state index in [1.54, 1.807) is 11.7 Å². The minimum absolute atomic E-state index is 0.0144. The highest BCUT2D eigenvalue weighted by Crippen LogP contribution is 2.23. The molecule has 1 aromatic rings. The van der Waals surface area contributed by atoms with Crippen molar-refractivity contribution in [3.8, 4) is 0 Å². The molecule has 0 aromatic carbocycles. The molecule has 2 N–H and O–H groups in total. The summed E-state index contributed by atoms with van der Waals surface area (Å²) in [5.41, 5.74) is 6.77. The number of carbonyl (C=O) groups is 1. The number of aryl methyl sites for hydroxylation is 1. The molecule has 100 valence electrons. The molecule has 1 aromatic heterocycles. The summed E-state index contributed by atoms with van der Waals surface area (Å²) in [4.78, 5) is 14.3. The predicted molar refractivity (Wildman–Crippen MR) is 71.2 cm³/mol. The molecule has 0 aliphatic heterocycles. The van der Waals surface area contributed by atoms with Crippen molar-refractivity contribution >= 4 is 11.6 Å². The van der Waals surface area contributed by atoms with Crippen LogP contribution in [-0.2, 0) is 7.05 Å². The maximum Gasteiger partial charge on any atom is 0.274 e. The molecule has 18 heavy (non-hydrogen) atoms. The average Bonchev–Trinajstić information content (AvgIpc) is 2.61. The third kappa shape index (κ3) is 2.49. The summed E-state index contributed by atoms with van der Waals surface area (Å²) in [5, 5.41) is 4.03. The number of rotatable bonds is 2. The van der Waals surface area contributed by atoms with Crippen LogP contribution in [0.3, 0.4) is 0 Å². The Hall–Kier alpha value is -1.52. The van der Waals surface area contributed by atoms with E-state index in [0.29, 0.717) is 17.4 Å². The largest absolute Gasteiger partial charge is 0.396 e. The van der Waals surface area contributed by atoms with Crippen molar-refractivity contribution in [1.82, 2.24) is 14.7 Å². The van der Waals surface area contributed by atoms with Gasteiger partial charge in [-0.2, -0.15) is 5.10 Å². The van der Waals surface area contributed by atoms with E-state index in [2.05, 4.69) is 5.10 Å². The summed E-state index contributed by atoms with van der Waals surface area (Å²) in [6.07, 6.45) is 8.72. The number of carbonyl (C=O) groups excluding carboxylic acids is 1. The van der Waals surface area contributed by atoms with E-state index in [0.717, 1.165) is 12.8 Å². The minimum Gasteiger partial charge on any atom is -0.396 e. The Morgan fingerprint density at radius 2 is 2.00 bits per heavy atom. The first-order valence-corrected chi connectivity index (χ1v) is 6.66. The zero-order valence-corrected chi connectivity index (χ0v) is 11.2. The highest BCUT2D eigenvalue weighted by molar-refractivity contribution is 5.97. The summed E-state index contributed by atoms with van der Waals surface area (Å²) in [7, 11) is 3.63. The lowest BCUT2D eigenvalue weighted by Gasteiger charge is -2.27. The maximum absolute atomic E-state index is 12.4. The van der Waals surface area contributed by atoms with Gasteiger partial charge in [0.25, 0.3) is 5.91 Å². The fraction of sp³-hybridized carbons (Fsp3) is 0.692. The summed E-state index contributed by atoms with van der Waals surface area (Å²) < 4.78 is 1.56. The lowest BCUT2D eigenvalue weighted by atomic mass is 10.1. The van der Waals surface area contributed by atoms with Crippen LogP contribution in [0.2, 0.25) is 0 Å². The number of amides is 1. The van der Waals surface area contributed by atoms with Crippen LogP contribution < -0.4 is 5.73 Å². The lowest BCUT2D eigenvalue weighted by Crippen LogP contribution is -2.38. The zero-order chi connectivity index (χ0) is 13.1. The molecule has 1 amide bonds. The highest BCUT2D eigenvalue weighted by Gasteiger charge is 2.25. The van der Waals surface area contributed by atoms with Crippen LogP contribution in [0.15, 0.2) is 6.20 Å². The minimum atomic E-state index is -0.0144. The molecule has 2 rings (SSSR count). The van der Waals surface area contributed by atoms with Crippen LogP contribution in [-0.4, -0.2) is 33.7 Å². The Labute approximate surface area is 108 Å². The van der Waals surface area contributed by atoms with E-state index in [1.807, 2.05) is 11.9 Å². The summed E-state index contributed by atoms with van der Waals surface area (Å²) in [6, 6.07) is 0.342. The van der Waals surface area contributed by atoms with Crippen LogP contribution in [0.4, 0.5) is 5.69 Å². The second kappa shape index (κ2) is 5.42. The Balaban J connectivity index is 2.12. The molecule has 0 bridgehead atoms. The van der Waals surface area contributed by atoms with E-state index in [1.165, 1.54) is 31.9 Å². The van der Waals surface area contributed by atoms with Crippen molar-refractivity contribution in [3.05, 3.63) is 11.9 Å². The van der Waals surface area contributed by atoms with Gasteiger partial charge in [-0.25, -0.2) is 0 Å². The van der Waals surface area contributed by atoms with Gasteiger partial charge in [-0.05, 0) is 12.8 Å². The van der Waals surface area contributed by atoms with E-state index < -0.39 is 0 Å². The molecule has 0 spiro atoms. The molecule has 1 heterocycles. The Bertz CT molecular complexity index is 399. The second-order valence-corrected chi connectivity index (χ2v) is 5.13. The second-order valence-electron chi connectivity index (χ2n) is 5.13. The third-order valence-corrected chi connectivity index (χ3v) is 3.86. The van der Waals surface area contributed by atoms with Gasteiger partial charge in [0.1, 0.15) is 5.69 Å². The van der Waals surface area contributed by atoms with Gasteiger partial charge < -0.3 is 10.6 Å². The first-order valence-electron chi connectivity index (χ1n) is 6.66. The fourth-order valence-corrected chi connectivity index (χ4v) is 2.69. The van der Waals surface area contributed by atoms with Crippen molar-refractivity contribution < 1.29 is 4.79 Å². The lowest BCUT2D eigenvalue weighted by molar-refractivity contribution is 0.0707. The standard InChI is InChI=1S/C13H22N4O/c1-16(10-7-5-3-4-6-8-10)13(18)12-11(14)9-15-17(12)2/h9-10H,3-8,14H2,1-2H3. The molecule has 1 aliphatic carbocycles. The van der Waals surface area contributed by atoms with Gasteiger partial charge in [0.2, 0.25) is 0 Å². The molecule has 5 heteroatoms. The van der Waals surface area contributed by atoms with Crippen LogP contribution in [0.1, 0.15) is 49.0 Å². The monoisotopic (exact) mass is 250 g/mol. The first kappa shape index (κ1) is 12.9. The van der Waals surface area contributed by atoms with Crippen molar-refractivity contribution in [3.63, 3.8) is 0 Å². The molecular formula is C13H22N4O. The molecule has 0 saturated heterocycles. The van der Waals surface area contributed by atoms with E-state index in [9.17, 15) is 4.79 Å². The molecule has 0 unspecified atom stereocenters. The normalized spacial score (nSPS) is 17.4. The predicted octanol–water partition coefficient (Wildman–Crippen LogP) is 1.80. The van der Waals surface area contributed by atoms with Crippen LogP contribution in [0.25, 0.3) is 0 Å². The SMILES string of the molecule is CN(C(=O)c1c(N)cnn1C)C1CCCCCC1. The highest BCUT2D eigenvalue weighted by atomic mass is 16.2. The van der Waals surface area contributed by atoms with Gasteiger partial charge in [0.05, 0.1) is 11.9 Å². The molecule has 0 atom stereocenters. The first-order chi connectivity index (χ1) is 8.61. The summed E-state index contributed by atoms with van der Waals surface area (Å²) >= 11 is 0. The quantitative estimate of drug-likeness (QED) is 0.814. The number of nitrogens with zero attached hydrogens (tertiary/aromatic N) is 3. The van der Waals surface area contributed by atoms with Crippen LogP contribution in [0.5, 0.6) is 0 Å². The van der Waals surface area contributed by atoms with Crippen LogP contribution in [0, 0.1) is 0 Å². The summed E-state index contributed by atoms with van der Waals surface area (Å²) in [6.45, 7) is 0. The van der Waals surface area contributed by atoms with E-state index in [-0.39, 0.29) is 5.91 Å². The number of anilines is 1. The van der Waals surface area contributed by atoms with Gasteiger partial charge in [-0.15, -0.1) is 0 Å². The van der Waals surface area contributed by atoms with E-state index >= 15 is 0 Å². The molecule has 1 saturated carbocycles. The molecule has 0 radical (unpaired) electrons. The zero-order valence-electron chi connectivity index (χ0n) is 11.2. The van der Waals surface area contributed by atoms with Gasteiger partial charge in [-0.3, -0.25) is 9.48 Å². The van der Waals surface area contributed by atoms with Crippen molar-refractivity contribution in [2.24, 2.45) is 7.05 Å². The Kier molecular flexibility index (Phi) is 3.89. The molecular weight excluding hydrogens is 228 g/mol. The Morgan fingerprint density at radius 1 is 1.39 bits per heavy atom. The fourth-order valence-electron chi connectivity index (χ4n) is 2.69. The van der Waals surface area contributed by atoms with Crippen LogP contribution >= 0.6 is 0 Å². The van der Waals surface area contributed by atoms with Crippen molar-refractivity contribution in [2.75, 3.05) is 12.8 Å². The third-order valence-electron chi connectivity index (χ3n) is 3.86. The Morgan fingerprint density at radius 3 is 2.50 bits per heavy atom. The molecule has 5 nitrogen and oxygen atoms in total. The number of hydrogen-bond acceptors (Lipinski definition) is 3. The molecule has 1 aliphatic rings. The van der Waals surface area contributed by atoms with E-state index in [4.69, 9.17) is 5.73 Å². The van der Waals surface area contributed by atoms with Crippen molar-refractivity contribution in [1.29, 1.82) is 0 Å². The van der Waals surface area contributed by atoms with Gasteiger partial charge in [-0.1, -0.05) is 25.7 Å². The molecule has 1 fully saturated rings. The average molecular weight is 250 g/mol.